The Balaban J connectivity index is 1.56. The molecule has 0 aromatic carbocycles. The van der Waals surface area contributed by atoms with E-state index in [1.807, 2.05) is 0 Å². The van der Waals surface area contributed by atoms with E-state index >= 15 is 0 Å². The van der Waals surface area contributed by atoms with Gasteiger partial charge in [-0.05, 0) is 24.6 Å². The number of nitrogens with zero attached hydrogens (tertiary/aromatic N) is 5. The van der Waals surface area contributed by atoms with Gasteiger partial charge in [-0.1, -0.05) is 0 Å². The van der Waals surface area contributed by atoms with Gasteiger partial charge < -0.3 is 5.32 Å². The fraction of sp³-hybridized carbons (Fsp3) is 0.333. The van der Waals surface area contributed by atoms with Crippen molar-refractivity contribution in [2.24, 2.45) is 7.05 Å². The fourth-order valence-electron chi connectivity index (χ4n) is 3.37. The molecule has 31 heavy (non-hydrogen) atoms. The predicted octanol–water partition coefficient (Wildman–Crippen LogP) is 3.59. The Morgan fingerprint density at radius 2 is 1.77 bits per heavy atom. The lowest BCUT2D eigenvalue weighted by atomic mass is 10.1. The summed E-state index contributed by atoms with van der Waals surface area (Å²) in [6, 6.07) is 3.89. The van der Waals surface area contributed by atoms with Gasteiger partial charge in [-0.2, -0.15) is 36.5 Å². The molecule has 1 aliphatic rings. The number of amides is 1. The lowest BCUT2D eigenvalue weighted by Gasteiger charge is -2.11. The fourth-order valence-corrected chi connectivity index (χ4v) is 3.37. The molecule has 164 valence electrons. The van der Waals surface area contributed by atoms with E-state index < -0.39 is 35.7 Å². The number of aryl methyl sites for hydroxylation is 2. The Morgan fingerprint density at radius 1 is 1.06 bits per heavy atom. The first-order valence-corrected chi connectivity index (χ1v) is 8.97. The number of carbonyl (C=O) groups excluding carboxylic acids is 1. The van der Waals surface area contributed by atoms with Crippen LogP contribution in [0.25, 0.3) is 11.3 Å². The number of nitrogens with one attached hydrogen (secondary N) is 1. The van der Waals surface area contributed by atoms with Gasteiger partial charge in [-0.3, -0.25) is 19.1 Å². The third-order valence-corrected chi connectivity index (χ3v) is 4.85. The van der Waals surface area contributed by atoms with Gasteiger partial charge in [0.1, 0.15) is 11.4 Å². The number of fused-ring (bicyclic) bond motifs is 1. The minimum absolute atomic E-state index is 0.204. The lowest BCUT2D eigenvalue weighted by molar-refractivity contribution is -0.142. The van der Waals surface area contributed by atoms with E-state index in [9.17, 15) is 31.1 Å². The summed E-state index contributed by atoms with van der Waals surface area (Å²) in [5, 5.41) is 10.2. The highest BCUT2D eigenvalue weighted by molar-refractivity contribution is 5.93. The van der Waals surface area contributed by atoms with E-state index in [0.717, 1.165) is 16.9 Å². The third-order valence-electron chi connectivity index (χ3n) is 4.85. The van der Waals surface area contributed by atoms with Crippen molar-refractivity contribution in [1.29, 1.82) is 0 Å². The van der Waals surface area contributed by atoms with Gasteiger partial charge in [-0.15, -0.1) is 0 Å². The second kappa shape index (κ2) is 7.10. The van der Waals surface area contributed by atoms with Gasteiger partial charge in [0.25, 0.3) is 5.91 Å². The topological polar surface area (TPSA) is 77.6 Å². The van der Waals surface area contributed by atoms with Gasteiger partial charge in [0.15, 0.2) is 5.69 Å². The summed E-state index contributed by atoms with van der Waals surface area (Å²) in [5.41, 5.74) is -1.50. The summed E-state index contributed by atoms with van der Waals surface area (Å²) in [4.78, 5) is 15.8. The molecule has 1 amide bonds. The number of halogens is 6. The molecule has 7 nitrogen and oxygen atoms in total. The van der Waals surface area contributed by atoms with Gasteiger partial charge in [0, 0.05) is 31.4 Å². The maximum Gasteiger partial charge on any atom is 0.435 e. The summed E-state index contributed by atoms with van der Waals surface area (Å²) < 4.78 is 79.6. The van der Waals surface area contributed by atoms with E-state index in [1.165, 1.54) is 19.2 Å². The minimum Gasteiger partial charge on any atom is -0.342 e. The van der Waals surface area contributed by atoms with E-state index in [0.29, 0.717) is 24.7 Å². The SMILES string of the molecule is Cn1nc(C(F)(F)F)cc1C(=O)NC1CCn2nc(-c3ccnc(C(F)(F)F)c3)cc21. The van der Waals surface area contributed by atoms with Crippen molar-refractivity contribution >= 4 is 5.91 Å². The monoisotopic (exact) mass is 444 g/mol. The Labute approximate surface area is 170 Å². The summed E-state index contributed by atoms with van der Waals surface area (Å²) in [7, 11) is 1.23. The average Bonchev–Trinajstić information content (AvgIpc) is 3.36. The highest BCUT2D eigenvalue weighted by Crippen LogP contribution is 2.33. The lowest BCUT2D eigenvalue weighted by Crippen LogP contribution is -2.28. The summed E-state index contributed by atoms with van der Waals surface area (Å²) in [6.07, 6.45) is -7.82. The number of aromatic nitrogens is 5. The molecule has 3 aromatic rings. The standard InChI is InChI=1S/C18H14F6N6O/c1-29-13(8-15(28-29)18(22,23)24)16(31)26-10-3-5-30-12(10)7-11(27-30)9-2-4-25-14(6-9)17(19,20)21/h2,4,6-8,10H,3,5H2,1H3,(H,26,31). The van der Waals surface area contributed by atoms with Crippen LogP contribution in [-0.2, 0) is 25.9 Å². The van der Waals surface area contributed by atoms with Crippen LogP contribution in [0.4, 0.5) is 26.3 Å². The molecule has 0 bridgehead atoms. The normalized spacial score (nSPS) is 16.4. The van der Waals surface area contributed by atoms with E-state index in [1.54, 1.807) is 4.68 Å². The second-order valence-corrected chi connectivity index (χ2v) is 6.96. The van der Waals surface area contributed by atoms with Gasteiger partial charge >= 0.3 is 12.4 Å². The molecule has 4 rings (SSSR count). The van der Waals surface area contributed by atoms with E-state index in [4.69, 9.17) is 0 Å². The summed E-state index contributed by atoms with van der Waals surface area (Å²) in [5.74, 6) is -0.755. The predicted molar refractivity (Wildman–Crippen MR) is 93.5 cm³/mol. The second-order valence-electron chi connectivity index (χ2n) is 6.96. The van der Waals surface area contributed by atoms with Crippen molar-refractivity contribution in [3.8, 4) is 11.3 Å². The van der Waals surface area contributed by atoms with Gasteiger partial charge in [0.2, 0.25) is 0 Å². The Kier molecular flexibility index (Phi) is 4.78. The van der Waals surface area contributed by atoms with Crippen molar-refractivity contribution in [2.75, 3.05) is 0 Å². The molecular formula is C18H14F6N6O. The van der Waals surface area contributed by atoms with E-state index in [-0.39, 0.29) is 17.0 Å². The number of carbonyl (C=O) groups is 1. The van der Waals surface area contributed by atoms with Crippen LogP contribution in [0.15, 0.2) is 30.5 Å². The van der Waals surface area contributed by atoms with Crippen molar-refractivity contribution in [3.63, 3.8) is 0 Å². The van der Waals surface area contributed by atoms with Crippen LogP contribution in [0.2, 0.25) is 0 Å². The number of alkyl halides is 6. The Morgan fingerprint density at radius 3 is 2.42 bits per heavy atom. The van der Waals surface area contributed by atoms with Crippen molar-refractivity contribution in [1.82, 2.24) is 29.9 Å². The van der Waals surface area contributed by atoms with Crippen LogP contribution in [0.3, 0.4) is 0 Å². The van der Waals surface area contributed by atoms with E-state index in [2.05, 4.69) is 20.5 Å². The smallest absolute Gasteiger partial charge is 0.342 e. The highest BCUT2D eigenvalue weighted by atomic mass is 19.4. The van der Waals surface area contributed by atoms with Gasteiger partial charge in [0.05, 0.1) is 17.4 Å². The number of hydrogen-bond acceptors (Lipinski definition) is 4. The number of pyridine rings is 1. The number of rotatable bonds is 3. The molecular weight excluding hydrogens is 430 g/mol. The average molecular weight is 444 g/mol. The molecule has 1 unspecified atom stereocenters. The molecule has 4 heterocycles. The zero-order valence-electron chi connectivity index (χ0n) is 15.8. The molecule has 0 aliphatic carbocycles. The first-order valence-electron chi connectivity index (χ1n) is 8.97. The summed E-state index contributed by atoms with van der Waals surface area (Å²) >= 11 is 0. The van der Waals surface area contributed by atoms with Gasteiger partial charge in [-0.25, -0.2) is 0 Å². The highest BCUT2D eigenvalue weighted by Gasteiger charge is 2.36. The quantitative estimate of drug-likeness (QED) is 0.627. The Bertz CT molecular complexity index is 1150. The van der Waals surface area contributed by atoms with Crippen molar-refractivity contribution in [3.05, 3.63) is 53.2 Å². The molecule has 1 N–H and O–H groups in total. The minimum atomic E-state index is -4.68. The zero-order valence-corrected chi connectivity index (χ0v) is 15.8. The van der Waals surface area contributed by atoms with Crippen molar-refractivity contribution in [2.45, 2.75) is 31.4 Å². The first-order chi connectivity index (χ1) is 14.4. The largest absolute Gasteiger partial charge is 0.435 e. The van der Waals surface area contributed by atoms with Crippen LogP contribution in [0.5, 0.6) is 0 Å². The zero-order chi connectivity index (χ0) is 22.6. The maximum atomic E-state index is 12.9. The molecule has 0 fully saturated rings. The van der Waals surface area contributed by atoms with Crippen molar-refractivity contribution < 1.29 is 31.1 Å². The van der Waals surface area contributed by atoms with Crippen LogP contribution in [0, 0.1) is 0 Å². The molecule has 0 saturated heterocycles. The summed E-state index contributed by atoms with van der Waals surface area (Å²) in [6.45, 7) is 0.386. The molecule has 3 aromatic heterocycles. The third kappa shape index (κ3) is 3.99. The first kappa shape index (κ1) is 20.9. The molecule has 0 radical (unpaired) electrons. The molecule has 0 saturated carbocycles. The van der Waals surface area contributed by atoms with Crippen LogP contribution in [-0.4, -0.2) is 30.5 Å². The van der Waals surface area contributed by atoms with Crippen LogP contribution in [0.1, 0.15) is 40.0 Å². The number of hydrogen-bond donors (Lipinski definition) is 1. The Hall–Kier alpha value is -3.38. The molecule has 1 aliphatic heterocycles. The molecule has 0 spiro atoms. The maximum absolute atomic E-state index is 12.9. The van der Waals surface area contributed by atoms with Crippen LogP contribution >= 0.6 is 0 Å². The van der Waals surface area contributed by atoms with Crippen LogP contribution < -0.4 is 5.32 Å². The molecule has 13 heteroatoms. The molecule has 1 atom stereocenters.